The molecule has 0 heterocycles. The minimum absolute atomic E-state index is 0. The third-order valence-electron chi connectivity index (χ3n) is 5.31. The van der Waals surface area contributed by atoms with Crippen LogP contribution in [0.15, 0.2) is 36.9 Å². The van der Waals surface area contributed by atoms with Crippen LogP contribution in [0.2, 0.25) is 0 Å². The van der Waals surface area contributed by atoms with Gasteiger partial charge in [0.05, 0.1) is 0 Å². The van der Waals surface area contributed by atoms with Gasteiger partial charge in [-0.1, -0.05) is 37.3 Å². The van der Waals surface area contributed by atoms with Gasteiger partial charge in [0.15, 0.2) is 5.78 Å². The van der Waals surface area contributed by atoms with Crippen molar-refractivity contribution in [1.82, 2.24) is 4.90 Å². The van der Waals surface area contributed by atoms with Crippen LogP contribution in [0.5, 0.6) is 0 Å². The number of ketones is 1. The van der Waals surface area contributed by atoms with Crippen LogP contribution in [-0.2, 0) is 0 Å². The molecule has 0 bridgehead atoms. The molecule has 0 amide bonds. The maximum absolute atomic E-state index is 12.2. The second kappa shape index (κ2) is 10.0. The molecule has 0 radical (unpaired) electrons. The Morgan fingerprint density at radius 1 is 1.25 bits per heavy atom. The van der Waals surface area contributed by atoms with Crippen LogP contribution < -0.4 is 0 Å². The highest BCUT2D eigenvalue weighted by molar-refractivity contribution is 5.96. The first-order chi connectivity index (χ1) is 11.0. The molecule has 1 fully saturated rings. The first kappa shape index (κ1) is 20.9. The Morgan fingerprint density at radius 3 is 2.46 bits per heavy atom. The third-order valence-corrected chi connectivity index (χ3v) is 5.31. The van der Waals surface area contributed by atoms with Crippen LogP contribution in [-0.4, -0.2) is 31.3 Å². The van der Waals surface area contributed by atoms with E-state index in [1.165, 1.54) is 24.8 Å². The second-order valence-corrected chi connectivity index (χ2v) is 7.37. The molecule has 134 valence electrons. The molecule has 1 aliphatic carbocycles. The van der Waals surface area contributed by atoms with Gasteiger partial charge in [-0.05, 0) is 63.1 Å². The molecule has 24 heavy (non-hydrogen) atoms. The maximum atomic E-state index is 12.2. The topological polar surface area (TPSA) is 20.3 Å². The lowest BCUT2D eigenvalue weighted by Crippen LogP contribution is -2.21. The summed E-state index contributed by atoms with van der Waals surface area (Å²) in [6, 6.07) is 8.39. The SMILES string of the molecule is C=CCC1CCC(c2ccc(C(=O)CCN(C)C)cc2)CC1C.Cl. The number of nitrogens with zero attached hydrogens (tertiary/aromatic N) is 1. The molecule has 1 aromatic rings. The summed E-state index contributed by atoms with van der Waals surface area (Å²) in [4.78, 5) is 14.2. The number of Topliss-reactive ketones (excluding diaryl/α,β-unsaturated/α-hetero) is 1. The predicted octanol–water partition coefficient (Wildman–Crippen LogP) is 5.34. The quantitative estimate of drug-likeness (QED) is 0.489. The highest BCUT2D eigenvalue weighted by Gasteiger charge is 2.27. The number of rotatable bonds is 7. The molecule has 0 saturated heterocycles. The highest BCUT2D eigenvalue weighted by atomic mass is 35.5. The summed E-state index contributed by atoms with van der Waals surface area (Å²) in [5.41, 5.74) is 2.25. The molecule has 0 N–H and O–H groups in total. The number of hydrogen-bond acceptors (Lipinski definition) is 2. The van der Waals surface area contributed by atoms with Crippen LogP contribution in [0.1, 0.15) is 60.9 Å². The van der Waals surface area contributed by atoms with Crippen molar-refractivity contribution in [2.24, 2.45) is 11.8 Å². The van der Waals surface area contributed by atoms with Crippen LogP contribution in [0.3, 0.4) is 0 Å². The van der Waals surface area contributed by atoms with E-state index in [2.05, 4.69) is 36.6 Å². The summed E-state index contributed by atoms with van der Waals surface area (Å²) in [7, 11) is 4.00. The Bertz CT molecular complexity index is 523. The fraction of sp³-hybridized carbons (Fsp3) is 0.571. The molecule has 0 aliphatic heterocycles. The van der Waals surface area contributed by atoms with Gasteiger partial charge < -0.3 is 4.90 Å². The first-order valence-electron chi connectivity index (χ1n) is 8.90. The molecule has 3 heteroatoms. The molecule has 1 aliphatic rings. The van der Waals surface area contributed by atoms with Gasteiger partial charge in [-0.25, -0.2) is 0 Å². The standard InChI is InChI=1S/C21H31NO.ClH/c1-5-6-17-7-12-20(15-16(17)2)18-8-10-19(11-9-18)21(23)13-14-22(3)4;/h5,8-11,16-17,20H,1,6-7,12-15H2,2-4H3;1H. The van der Waals surface area contributed by atoms with E-state index in [1.54, 1.807) is 0 Å². The minimum Gasteiger partial charge on any atom is -0.309 e. The second-order valence-electron chi connectivity index (χ2n) is 7.37. The lowest BCUT2D eigenvalue weighted by atomic mass is 9.71. The van der Waals surface area contributed by atoms with E-state index in [0.717, 1.165) is 30.4 Å². The van der Waals surface area contributed by atoms with Gasteiger partial charge in [-0.2, -0.15) is 0 Å². The summed E-state index contributed by atoms with van der Waals surface area (Å²) in [5, 5.41) is 0. The average Bonchev–Trinajstić information content (AvgIpc) is 2.55. The number of carbonyl (C=O) groups is 1. The van der Waals surface area contributed by atoms with Crippen LogP contribution in [0.4, 0.5) is 0 Å². The van der Waals surface area contributed by atoms with Crippen LogP contribution >= 0.6 is 12.4 Å². The summed E-state index contributed by atoms with van der Waals surface area (Å²) in [5.74, 6) is 2.45. The fourth-order valence-electron chi connectivity index (χ4n) is 3.74. The Balaban J connectivity index is 0.00000288. The smallest absolute Gasteiger partial charge is 0.164 e. The van der Waals surface area contributed by atoms with E-state index in [-0.39, 0.29) is 18.2 Å². The zero-order valence-corrected chi connectivity index (χ0v) is 16.1. The number of allylic oxidation sites excluding steroid dienone is 1. The van der Waals surface area contributed by atoms with Crippen molar-refractivity contribution in [3.63, 3.8) is 0 Å². The van der Waals surface area contributed by atoms with Gasteiger partial charge in [-0.3, -0.25) is 4.79 Å². The average molecular weight is 350 g/mol. The van der Waals surface area contributed by atoms with Gasteiger partial charge in [-0.15, -0.1) is 19.0 Å². The van der Waals surface area contributed by atoms with Crippen molar-refractivity contribution in [3.05, 3.63) is 48.0 Å². The highest BCUT2D eigenvalue weighted by Crippen LogP contribution is 2.40. The lowest BCUT2D eigenvalue weighted by Gasteiger charge is -2.34. The van der Waals surface area contributed by atoms with Gasteiger partial charge in [0.25, 0.3) is 0 Å². The van der Waals surface area contributed by atoms with Crippen molar-refractivity contribution >= 4 is 18.2 Å². The molecular formula is C21H32ClNO. The Morgan fingerprint density at radius 2 is 1.92 bits per heavy atom. The van der Waals surface area contributed by atoms with Gasteiger partial charge in [0.1, 0.15) is 0 Å². The summed E-state index contributed by atoms with van der Waals surface area (Å²) >= 11 is 0. The zero-order valence-electron chi connectivity index (χ0n) is 15.3. The maximum Gasteiger partial charge on any atom is 0.164 e. The van der Waals surface area contributed by atoms with E-state index in [9.17, 15) is 4.79 Å². The Kier molecular flexibility index (Phi) is 8.72. The van der Waals surface area contributed by atoms with Gasteiger partial charge in [0.2, 0.25) is 0 Å². The third kappa shape index (κ3) is 5.75. The molecule has 0 spiro atoms. The first-order valence-corrected chi connectivity index (χ1v) is 8.90. The van der Waals surface area contributed by atoms with E-state index in [1.807, 2.05) is 26.2 Å². The fourth-order valence-corrected chi connectivity index (χ4v) is 3.74. The minimum atomic E-state index is 0. The van der Waals surface area contributed by atoms with Crippen molar-refractivity contribution in [2.45, 2.75) is 44.9 Å². The van der Waals surface area contributed by atoms with E-state index >= 15 is 0 Å². The summed E-state index contributed by atoms with van der Waals surface area (Å²) < 4.78 is 0. The largest absolute Gasteiger partial charge is 0.309 e. The number of halogens is 1. The molecule has 3 atom stereocenters. The van der Waals surface area contributed by atoms with E-state index in [0.29, 0.717) is 12.3 Å². The lowest BCUT2D eigenvalue weighted by molar-refractivity contribution is 0.0972. The van der Waals surface area contributed by atoms with Gasteiger partial charge in [0, 0.05) is 18.5 Å². The van der Waals surface area contributed by atoms with Crippen LogP contribution in [0, 0.1) is 11.8 Å². The van der Waals surface area contributed by atoms with Gasteiger partial charge >= 0.3 is 0 Å². The molecule has 2 nitrogen and oxygen atoms in total. The van der Waals surface area contributed by atoms with Crippen molar-refractivity contribution in [1.29, 1.82) is 0 Å². The summed E-state index contributed by atoms with van der Waals surface area (Å²) in [6.45, 7) is 7.07. The van der Waals surface area contributed by atoms with E-state index in [4.69, 9.17) is 0 Å². The molecule has 1 saturated carbocycles. The molecule has 3 unspecified atom stereocenters. The van der Waals surface area contributed by atoms with Crippen molar-refractivity contribution < 1.29 is 4.79 Å². The monoisotopic (exact) mass is 349 g/mol. The van der Waals surface area contributed by atoms with E-state index < -0.39 is 0 Å². The number of hydrogen-bond donors (Lipinski definition) is 0. The molecular weight excluding hydrogens is 318 g/mol. The molecule has 0 aromatic heterocycles. The Labute approximate surface area is 153 Å². The Hall–Kier alpha value is -1.12. The zero-order chi connectivity index (χ0) is 16.8. The summed E-state index contributed by atoms with van der Waals surface area (Å²) in [6.07, 6.45) is 7.61. The van der Waals surface area contributed by atoms with Crippen molar-refractivity contribution in [2.75, 3.05) is 20.6 Å². The number of carbonyl (C=O) groups excluding carboxylic acids is 1. The molecule has 1 aromatic carbocycles. The van der Waals surface area contributed by atoms with Crippen molar-refractivity contribution in [3.8, 4) is 0 Å². The predicted molar refractivity (Wildman–Crippen MR) is 105 cm³/mol. The normalized spacial score (nSPS) is 23.6. The number of benzene rings is 1. The van der Waals surface area contributed by atoms with Crippen LogP contribution in [0.25, 0.3) is 0 Å². The molecule has 2 rings (SSSR count).